The van der Waals surface area contributed by atoms with Crippen molar-refractivity contribution in [1.82, 2.24) is 4.90 Å². The van der Waals surface area contributed by atoms with Crippen LogP contribution in [0, 0.1) is 6.92 Å². The summed E-state index contributed by atoms with van der Waals surface area (Å²) in [5.74, 6) is -0.433. The molecule has 6 heteroatoms. The molecule has 0 atom stereocenters. The fourth-order valence-corrected chi connectivity index (χ4v) is 3.01. The van der Waals surface area contributed by atoms with Gasteiger partial charge in [0.05, 0.1) is 6.54 Å². The average molecular weight is 393 g/mol. The van der Waals surface area contributed by atoms with E-state index in [1.165, 1.54) is 11.0 Å². The second kappa shape index (κ2) is 8.08. The van der Waals surface area contributed by atoms with Crippen molar-refractivity contribution in [2.75, 3.05) is 18.9 Å². The molecule has 0 unspecified atom stereocenters. The van der Waals surface area contributed by atoms with Crippen molar-refractivity contribution in [3.05, 3.63) is 56.7 Å². The highest BCUT2D eigenvalue weighted by molar-refractivity contribution is 9.10. The van der Waals surface area contributed by atoms with Crippen LogP contribution < -0.4 is 5.32 Å². The first kappa shape index (κ1) is 17.4. The predicted octanol–water partition coefficient (Wildman–Crippen LogP) is 3.93. The van der Waals surface area contributed by atoms with Gasteiger partial charge in [-0.15, -0.1) is 11.3 Å². The highest BCUT2D eigenvalue weighted by Crippen LogP contribution is 2.19. The van der Waals surface area contributed by atoms with Crippen molar-refractivity contribution in [3.63, 3.8) is 0 Å². The van der Waals surface area contributed by atoms with Crippen molar-refractivity contribution < 1.29 is 9.59 Å². The maximum absolute atomic E-state index is 12.1. The number of halogens is 1. The summed E-state index contributed by atoms with van der Waals surface area (Å²) in [4.78, 5) is 26.4. The molecule has 0 saturated carbocycles. The number of rotatable bonds is 5. The molecule has 4 nitrogen and oxygen atoms in total. The molecule has 0 radical (unpaired) electrons. The molecule has 0 fully saturated rings. The molecule has 23 heavy (non-hydrogen) atoms. The number of nitrogens with one attached hydrogen (secondary N) is 1. The molecule has 2 aromatic rings. The normalized spacial score (nSPS) is 10.7. The summed E-state index contributed by atoms with van der Waals surface area (Å²) in [6.07, 6.45) is 3.23. The second-order valence-electron chi connectivity index (χ2n) is 5.05. The smallest absolute Gasteiger partial charge is 0.246 e. The number of hydrogen-bond acceptors (Lipinski definition) is 3. The number of anilines is 1. The molecule has 1 N–H and O–H groups in total. The van der Waals surface area contributed by atoms with Gasteiger partial charge in [0.2, 0.25) is 11.8 Å². The maximum atomic E-state index is 12.1. The Balaban J connectivity index is 1.90. The van der Waals surface area contributed by atoms with Gasteiger partial charge in [-0.3, -0.25) is 9.59 Å². The number of amides is 2. The van der Waals surface area contributed by atoms with E-state index < -0.39 is 0 Å². The zero-order chi connectivity index (χ0) is 16.8. The third-order valence-corrected chi connectivity index (χ3v) is 4.48. The van der Waals surface area contributed by atoms with E-state index in [2.05, 4.69) is 21.2 Å². The predicted molar refractivity (Wildman–Crippen MR) is 98.5 cm³/mol. The fraction of sp³-hybridized carbons (Fsp3) is 0.176. The van der Waals surface area contributed by atoms with Gasteiger partial charge in [-0.05, 0) is 48.2 Å². The van der Waals surface area contributed by atoms with Crippen LogP contribution in [0.4, 0.5) is 5.69 Å². The zero-order valence-electron chi connectivity index (χ0n) is 12.9. The number of thiophene rings is 1. The first-order chi connectivity index (χ1) is 11.0. The Hall–Kier alpha value is -1.92. The van der Waals surface area contributed by atoms with E-state index in [4.69, 9.17) is 0 Å². The van der Waals surface area contributed by atoms with Crippen molar-refractivity contribution >= 4 is 50.8 Å². The van der Waals surface area contributed by atoms with Crippen molar-refractivity contribution in [3.8, 4) is 0 Å². The van der Waals surface area contributed by atoms with Gasteiger partial charge >= 0.3 is 0 Å². The Morgan fingerprint density at radius 1 is 1.35 bits per heavy atom. The Labute approximate surface area is 147 Å². The summed E-state index contributed by atoms with van der Waals surface area (Å²) in [5, 5.41) is 4.76. The number of carbonyl (C=O) groups is 2. The number of benzene rings is 1. The van der Waals surface area contributed by atoms with Crippen molar-refractivity contribution in [2.24, 2.45) is 0 Å². The summed E-state index contributed by atoms with van der Waals surface area (Å²) in [5.41, 5.74) is 1.70. The largest absolute Gasteiger partial charge is 0.333 e. The summed E-state index contributed by atoms with van der Waals surface area (Å²) in [6, 6.07) is 9.47. The standard InChI is InChI=1S/C17H17BrN2O2S/c1-12-10-13(18)5-7-15(12)19-16(21)11-20(2)17(22)8-6-14-4-3-9-23-14/h3-10H,11H2,1-2H3,(H,19,21)/b8-6+. The molecule has 0 aliphatic rings. The highest BCUT2D eigenvalue weighted by Gasteiger charge is 2.11. The summed E-state index contributed by atoms with van der Waals surface area (Å²) in [6.45, 7) is 1.92. The molecule has 120 valence electrons. The molecule has 0 aliphatic heterocycles. The number of hydrogen-bond donors (Lipinski definition) is 1. The highest BCUT2D eigenvalue weighted by atomic mass is 79.9. The van der Waals surface area contributed by atoms with Gasteiger partial charge in [0.1, 0.15) is 0 Å². The van der Waals surface area contributed by atoms with Crippen LogP contribution in [0.2, 0.25) is 0 Å². The van der Waals surface area contributed by atoms with Gasteiger partial charge in [-0.1, -0.05) is 22.0 Å². The first-order valence-electron chi connectivity index (χ1n) is 6.98. The van der Waals surface area contributed by atoms with Crippen LogP contribution in [0.5, 0.6) is 0 Å². The third kappa shape index (κ3) is 5.33. The van der Waals surface area contributed by atoms with Crippen LogP contribution >= 0.6 is 27.3 Å². The molecule has 1 aromatic heterocycles. The lowest BCUT2D eigenvalue weighted by Gasteiger charge is -2.15. The van der Waals surface area contributed by atoms with E-state index in [-0.39, 0.29) is 18.4 Å². The topological polar surface area (TPSA) is 49.4 Å². The first-order valence-corrected chi connectivity index (χ1v) is 8.65. The minimum atomic E-state index is -0.226. The lowest BCUT2D eigenvalue weighted by molar-refractivity contribution is -0.129. The fourth-order valence-electron chi connectivity index (χ4n) is 1.92. The molecule has 0 spiro atoms. The minimum absolute atomic E-state index is 0.00309. The summed E-state index contributed by atoms with van der Waals surface area (Å²) >= 11 is 4.94. The molecule has 0 bridgehead atoms. The Morgan fingerprint density at radius 3 is 2.78 bits per heavy atom. The van der Waals surface area contributed by atoms with Crippen LogP contribution in [0.25, 0.3) is 6.08 Å². The van der Waals surface area contributed by atoms with Gasteiger partial charge in [0.15, 0.2) is 0 Å². The quantitative estimate of drug-likeness (QED) is 0.783. The van der Waals surface area contributed by atoms with Gasteiger partial charge in [-0.2, -0.15) is 0 Å². The van der Waals surface area contributed by atoms with Gasteiger partial charge in [-0.25, -0.2) is 0 Å². The van der Waals surface area contributed by atoms with E-state index in [0.717, 1.165) is 20.6 Å². The van der Waals surface area contributed by atoms with Crippen molar-refractivity contribution in [1.29, 1.82) is 0 Å². The summed E-state index contributed by atoms with van der Waals surface area (Å²) < 4.78 is 0.957. The molecule has 1 aromatic carbocycles. The molecule has 1 heterocycles. The molecule has 2 amide bonds. The Kier molecular flexibility index (Phi) is 6.12. The van der Waals surface area contributed by atoms with Crippen LogP contribution in [0.1, 0.15) is 10.4 Å². The van der Waals surface area contributed by atoms with Crippen LogP contribution in [0.3, 0.4) is 0 Å². The van der Waals surface area contributed by atoms with Crippen LogP contribution in [-0.4, -0.2) is 30.3 Å². The number of nitrogens with zero attached hydrogens (tertiary/aromatic N) is 1. The molecular weight excluding hydrogens is 376 g/mol. The van der Waals surface area contributed by atoms with E-state index in [9.17, 15) is 9.59 Å². The maximum Gasteiger partial charge on any atom is 0.246 e. The molecule has 0 aliphatic carbocycles. The molecular formula is C17H17BrN2O2S. The number of carbonyl (C=O) groups excluding carboxylic acids is 2. The number of aryl methyl sites for hydroxylation is 1. The van der Waals surface area contributed by atoms with Crippen LogP contribution in [-0.2, 0) is 9.59 Å². The monoisotopic (exact) mass is 392 g/mol. The van der Waals surface area contributed by atoms with E-state index in [1.807, 2.05) is 42.6 Å². The second-order valence-corrected chi connectivity index (χ2v) is 6.95. The van der Waals surface area contributed by atoms with Gasteiger partial charge < -0.3 is 10.2 Å². The molecule has 2 rings (SSSR count). The Bertz CT molecular complexity index is 726. The zero-order valence-corrected chi connectivity index (χ0v) is 15.3. The van der Waals surface area contributed by atoms with Gasteiger partial charge in [0.25, 0.3) is 0 Å². The van der Waals surface area contributed by atoms with E-state index >= 15 is 0 Å². The molecule has 0 saturated heterocycles. The van der Waals surface area contributed by atoms with Crippen molar-refractivity contribution in [2.45, 2.75) is 6.92 Å². The Morgan fingerprint density at radius 2 is 2.13 bits per heavy atom. The van der Waals surface area contributed by atoms with E-state index in [1.54, 1.807) is 24.5 Å². The lowest BCUT2D eigenvalue weighted by atomic mass is 10.2. The third-order valence-electron chi connectivity index (χ3n) is 3.15. The lowest BCUT2D eigenvalue weighted by Crippen LogP contribution is -2.34. The van der Waals surface area contributed by atoms with E-state index in [0.29, 0.717) is 0 Å². The number of likely N-dealkylation sites (N-methyl/N-ethyl adjacent to an activating group) is 1. The van der Waals surface area contributed by atoms with Gasteiger partial charge in [0, 0.05) is 28.2 Å². The summed E-state index contributed by atoms with van der Waals surface area (Å²) in [7, 11) is 1.61. The SMILES string of the molecule is Cc1cc(Br)ccc1NC(=O)CN(C)C(=O)/C=C/c1cccs1. The average Bonchev–Trinajstić information content (AvgIpc) is 3.01. The minimum Gasteiger partial charge on any atom is -0.333 e. The van der Waals surface area contributed by atoms with Crippen LogP contribution in [0.15, 0.2) is 46.3 Å².